The van der Waals surface area contributed by atoms with Crippen LogP contribution in [-0.4, -0.2) is 32.1 Å². The summed E-state index contributed by atoms with van der Waals surface area (Å²) < 4.78 is 10.8. The highest BCUT2D eigenvalue weighted by atomic mass is 16.5. The van der Waals surface area contributed by atoms with E-state index in [0.717, 1.165) is 18.4 Å². The largest absolute Gasteiger partial charge is 0.497 e. The van der Waals surface area contributed by atoms with E-state index in [9.17, 15) is 9.59 Å². The van der Waals surface area contributed by atoms with E-state index in [4.69, 9.17) is 9.47 Å². The third-order valence-corrected chi connectivity index (χ3v) is 4.89. The van der Waals surface area contributed by atoms with Crippen LogP contribution in [0, 0.1) is 5.92 Å². The lowest BCUT2D eigenvalue weighted by Crippen LogP contribution is -2.39. The summed E-state index contributed by atoms with van der Waals surface area (Å²) in [5.74, 6) is 0.725. The van der Waals surface area contributed by atoms with E-state index in [1.807, 2.05) is 25.1 Å². The first-order valence-corrected chi connectivity index (χ1v) is 9.45. The number of hydrogen-bond donors (Lipinski definition) is 2. The molecule has 0 aliphatic carbocycles. The Morgan fingerprint density at radius 1 is 1.07 bits per heavy atom. The summed E-state index contributed by atoms with van der Waals surface area (Å²) in [5.41, 5.74) is 0.886. The second-order valence-corrected chi connectivity index (χ2v) is 6.89. The van der Waals surface area contributed by atoms with Gasteiger partial charge in [0.25, 0.3) is 0 Å². The van der Waals surface area contributed by atoms with Gasteiger partial charge >= 0.3 is 0 Å². The summed E-state index contributed by atoms with van der Waals surface area (Å²) in [7, 11) is 3.20. The quantitative estimate of drug-likeness (QED) is 0.794. The number of hydrogen-bond acceptors (Lipinski definition) is 4. The van der Waals surface area contributed by atoms with Crippen molar-refractivity contribution in [3.8, 4) is 11.5 Å². The summed E-state index contributed by atoms with van der Waals surface area (Å²) in [4.78, 5) is 24.9. The maximum Gasteiger partial charge on any atom is 0.223 e. The molecule has 0 fully saturated rings. The molecule has 27 heavy (non-hydrogen) atoms. The van der Waals surface area contributed by atoms with Crippen molar-refractivity contribution in [2.24, 2.45) is 5.92 Å². The molecule has 1 aromatic rings. The monoisotopic (exact) mass is 374 g/mol. The molecule has 0 bridgehead atoms. The van der Waals surface area contributed by atoms with Gasteiger partial charge in [0.15, 0.2) is 0 Å². The molecule has 1 aliphatic rings. The lowest BCUT2D eigenvalue weighted by atomic mass is 9.98. The van der Waals surface area contributed by atoms with Crippen molar-refractivity contribution in [1.29, 1.82) is 0 Å². The average molecular weight is 374 g/mol. The van der Waals surface area contributed by atoms with E-state index in [1.54, 1.807) is 21.1 Å². The first-order valence-electron chi connectivity index (χ1n) is 9.45. The molecule has 3 atom stereocenters. The third-order valence-electron chi connectivity index (χ3n) is 4.89. The second-order valence-electron chi connectivity index (χ2n) is 6.89. The molecule has 2 amide bonds. The lowest BCUT2D eigenvalue weighted by Gasteiger charge is -2.24. The van der Waals surface area contributed by atoms with E-state index in [-0.39, 0.29) is 30.3 Å². The molecule has 0 spiro atoms. The van der Waals surface area contributed by atoms with Crippen molar-refractivity contribution < 1.29 is 19.1 Å². The smallest absolute Gasteiger partial charge is 0.223 e. The standard InChI is InChI=1S/C21H30N2O4/c1-5-15-8-6-7-9-18(23-21(25)14(2)12-20(24)22-15)17-11-10-16(26-3)13-19(17)27-4/h6-7,10-11,13-15,18H,5,8-9,12H2,1-4H3,(H,22,24)(H,23,25)/b7-6-/t14-,15+,18+/m0/s1. The lowest BCUT2D eigenvalue weighted by molar-refractivity contribution is -0.130. The minimum atomic E-state index is -0.405. The zero-order valence-electron chi connectivity index (χ0n) is 16.6. The van der Waals surface area contributed by atoms with E-state index >= 15 is 0 Å². The number of rotatable bonds is 4. The van der Waals surface area contributed by atoms with Gasteiger partial charge in [-0.3, -0.25) is 9.59 Å². The Hall–Kier alpha value is -2.50. The predicted octanol–water partition coefficient (Wildman–Crippen LogP) is 3.13. The molecule has 1 aliphatic heterocycles. The van der Waals surface area contributed by atoms with Crippen LogP contribution in [0.1, 0.15) is 51.1 Å². The van der Waals surface area contributed by atoms with Gasteiger partial charge in [-0.05, 0) is 31.4 Å². The van der Waals surface area contributed by atoms with Crippen molar-refractivity contribution in [3.63, 3.8) is 0 Å². The van der Waals surface area contributed by atoms with E-state index in [1.165, 1.54) is 0 Å². The fraction of sp³-hybridized carbons (Fsp3) is 0.524. The number of methoxy groups -OCH3 is 2. The summed E-state index contributed by atoms with van der Waals surface area (Å²) in [6.45, 7) is 3.82. The van der Waals surface area contributed by atoms with Crippen LogP contribution in [0.4, 0.5) is 0 Å². The number of amides is 2. The molecule has 6 heteroatoms. The van der Waals surface area contributed by atoms with Gasteiger partial charge in [-0.15, -0.1) is 0 Å². The fourth-order valence-electron chi connectivity index (χ4n) is 3.16. The van der Waals surface area contributed by atoms with Gasteiger partial charge in [0.05, 0.1) is 20.3 Å². The van der Waals surface area contributed by atoms with Crippen LogP contribution in [0.15, 0.2) is 30.4 Å². The van der Waals surface area contributed by atoms with Crippen molar-refractivity contribution in [1.82, 2.24) is 10.6 Å². The van der Waals surface area contributed by atoms with Crippen LogP contribution in [0.2, 0.25) is 0 Å². The molecule has 2 rings (SSSR count). The molecule has 0 aromatic heterocycles. The number of benzene rings is 1. The SMILES string of the molecule is CC[C@@H]1C/C=C\C[C@H](c2ccc(OC)cc2OC)NC(=O)[C@@H](C)CC(=O)N1. The molecule has 0 radical (unpaired) electrons. The molecular formula is C21H30N2O4. The van der Waals surface area contributed by atoms with Gasteiger partial charge in [-0.1, -0.05) is 26.0 Å². The minimum Gasteiger partial charge on any atom is -0.497 e. The normalized spacial score (nSPS) is 25.4. The maximum absolute atomic E-state index is 12.7. The minimum absolute atomic E-state index is 0.0861. The Morgan fingerprint density at radius 2 is 1.81 bits per heavy atom. The van der Waals surface area contributed by atoms with Crippen molar-refractivity contribution in [2.45, 2.75) is 51.6 Å². The number of carbonyl (C=O) groups is 2. The second kappa shape index (κ2) is 10.00. The summed E-state index contributed by atoms with van der Waals surface area (Å²) in [6, 6.07) is 5.44. The Kier molecular flexibility index (Phi) is 7.70. The van der Waals surface area contributed by atoms with Gasteiger partial charge in [0, 0.05) is 30.0 Å². The first-order chi connectivity index (χ1) is 13.0. The highest BCUT2D eigenvalue weighted by Gasteiger charge is 2.24. The molecule has 1 heterocycles. The zero-order valence-corrected chi connectivity index (χ0v) is 16.6. The van der Waals surface area contributed by atoms with Crippen molar-refractivity contribution in [3.05, 3.63) is 35.9 Å². The van der Waals surface area contributed by atoms with Crippen LogP contribution in [0.25, 0.3) is 0 Å². The van der Waals surface area contributed by atoms with Crippen LogP contribution in [-0.2, 0) is 9.59 Å². The molecule has 0 saturated carbocycles. The number of carbonyl (C=O) groups excluding carboxylic acids is 2. The van der Waals surface area contributed by atoms with Gasteiger partial charge < -0.3 is 20.1 Å². The Bertz CT molecular complexity index is 687. The van der Waals surface area contributed by atoms with E-state index in [2.05, 4.69) is 22.8 Å². The Labute approximate surface area is 161 Å². The van der Waals surface area contributed by atoms with Crippen LogP contribution in [0.5, 0.6) is 11.5 Å². The number of ether oxygens (including phenoxy) is 2. The summed E-state index contributed by atoms with van der Waals surface area (Å²) in [5, 5.41) is 6.07. The summed E-state index contributed by atoms with van der Waals surface area (Å²) >= 11 is 0. The molecule has 0 saturated heterocycles. The van der Waals surface area contributed by atoms with Crippen LogP contribution < -0.4 is 20.1 Å². The highest BCUT2D eigenvalue weighted by molar-refractivity contribution is 5.86. The number of nitrogens with one attached hydrogen (secondary N) is 2. The van der Waals surface area contributed by atoms with Gasteiger partial charge in [-0.2, -0.15) is 0 Å². The van der Waals surface area contributed by atoms with Crippen LogP contribution >= 0.6 is 0 Å². The average Bonchev–Trinajstić information content (AvgIpc) is 2.67. The maximum atomic E-state index is 12.7. The fourth-order valence-corrected chi connectivity index (χ4v) is 3.16. The highest BCUT2D eigenvalue weighted by Crippen LogP contribution is 2.31. The van der Waals surface area contributed by atoms with Gasteiger partial charge in [0.1, 0.15) is 11.5 Å². The van der Waals surface area contributed by atoms with E-state index < -0.39 is 5.92 Å². The van der Waals surface area contributed by atoms with Crippen molar-refractivity contribution >= 4 is 11.8 Å². The van der Waals surface area contributed by atoms with Gasteiger partial charge in [-0.25, -0.2) is 0 Å². The van der Waals surface area contributed by atoms with Crippen molar-refractivity contribution in [2.75, 3.05) is 14.2 Å². The van der Waals surface area contributed by atoms with Crippen LogP contribution in [0.3, 0.4) is 0 Å². The predicted molar refractivity (Wildman–Crippen MR) is 105 cm³/mol. The molecule has 2 N–H and O–H groups in total. The van der Waals surface area contributed by atoms with E-state index in [0.29, 0.717) is 17.9 Å². The Balaban J connectivity index is 2.31. The molecule has 148 valence electrons. The summed E-state index contributed by atoms with van der Waals surface area (Å²) in [6.07, 6.45) is 6.57. The third kappa shape index (κ3) is 5.74. The first kappa shape index (κ1) is 20.8. The molecule has 6 nitrogen and oxygen atoms in total. The molecule has 1 aromatic carbocycles. The molecular weight excluding hydrogens is 344 g/mol. The molecule has 0 unspecified atom stereocenters. The zero-order chi connectivity index (χ0) is 19.8. The Morgan fingerprint density at radius 3 is 2.48 bits per heavy atom. The van der Waals surface area contributed by atoms with Gasteiger partial charge in [0.2, 0.25) is 11.8 Å². The topological polar surface area (TPSA) is 76.7 Å².